The molecule has 1 aromatic carbocycles. The number of methoxy groups -OCH3 is 3. The van der Waals surface area contributed by atoms with Gasteiger partial charge in [-0.3, -0.25) is 0 Å². The molecular weight excluding hydrogens is 256 g/mol. The molecule has 0 spiro atoms. The van der Waals surface area contributed by atoms with Crippen LogP contribution in [-0.4, -0.2) is 26.4 Å². The summed E-state index contributed by atoms with van der Waals surface area (Å²) in [5.41, 5.74) is 0.759. The number of rotatable bonds is 5. The van der Waals surface area contributed by atoms with Crippen LogP contribution in [0.1, 0.15) is 30.9 Å². The summed E-state index contributed by atoms with van der Waals surface area (Å²) >= 11 is 0. The van der Waals surface area contributed by atoms with Crippen molar-refractivity contribution in [3.8, 4) is 17.2 Å². The van der Waals surface area contributed by atoms with Crippen LogP contribution >= 0.6 is 0 Å². The van der Waals surface area contributed by atoms with Crippen molar-refractivity contribution >= 4 is 0 Å². The highest BCUT2D eigenvalue weighted by Crippen LogP contribution is 2.63. The molecule has 2 saturated carbocycles. The highest BCUT2D eigenvalue weighted by molar-refractivity contribution is 5.52. The molecule has 4 nitrogen and oxygen atoms in total. The van der Waals surface area contributed by atoms with E-state index < -0.39 is 6.10 Å². The van der Waals surface area contributed by atoms with E-state index >= 15 is 0 Å². The van der Waals surface area contributed by atoms with Crippen molar-refractivity contribution in [2.45, 2.75) is 25.4 Å². The average molecular weight is 278 g/mol. The lowest BCUT2D eigenvalue weighted by molar-refractivity contribution is 0.130. The van der Waals surface area contributed by atoms with Crippen LogP contribution in [0.4, 0.5) is 0 Å². The van der Waals surface area contributed by atoms with Crippen LogP contribution in [0.2, 0.25) is 0 Å². The summed E-state index contributed by atoms with van der Waals surface area (Å²) in [5.74, 6) is 3.67. The molecule has 4 heteroatoms. The zero-order chi connectivity index (χ0) is 14.3. The van der Waals surface area contributed by atoms with Crippen molar-refractivity contribution in [3.63, 3.8) is 0 Å². The molecule has 1 N–H and O–H groups in total. The molecule has 20 heavy (non-hydrogen) atoms. The molecule has 110 valence electrons. The number of ether oxygens (including phenoxy) is 3. The van der Waals surface area contributed by atoms with E-state index in [0.29, 0.717) is 35.0 Å². The molecule has 3 unspecified atom stereocenters. The summed E-state index contributed by atoms with van der Waals surface area (Å²) < 4.78 is 16.1. The zero-order valence-electron chi connectivity index (χ0n) is 12.3. The van der Waals surface area contributed by atoms with Crippen LogP contribution in [-0.2, 0) is 0 Å². The number of benzene rings is 1. The second-order valence-electron chi connectivity index (χ2n) is 5.73. The van der Waals surface area contributed by atoms with Crippen molar-refractivity contribution in [1.29, 1.82) is 0 Å². The first-order valence-corrected chi connectivity index (χ1v) is 7.19. The van der Waals surface area contributed by atoms with Gasteiger partial charge in [0.25, 0.3) is 0 Å². The molecule has 2 aliphatic carbocycles. The van der Waals surface area contributed by atoms with Crippen molar-refractivity contribution in [2.75, 3.05) is 21.3 Å². The highest BCUT2D eigenvalue weighted by atomic mass is 16.5. The molecule has 0 heterocycles. The summed E-state index contributed by atoms with van der Waals surface area (Å²) in [5, 5.41) is 10.8. The van der Waals surface area contributed by atoms with Crippen LogP contribution in [0.15, 0.2) is 12.1 Å². The van der Waals surface area contributed by atoms with Crippen molar-refractivity contribution < 1.29 is 19.3 Å². The molecule has 2 fully saturated rings. The van der Waals surface area contributed by atoms with Gasteiger partial charge in [-0.05, 0) is 30.6 Å². The third-order valence-electron chi connectivity index (χ3n) is 4.89. The molecule has 2 aliphatic rings. The standard InChI is InChI=1S/C16H22O4/c1-18-9-7-12(19-2)15(13(8-9)20-3)16(17)14-10-5-4-6-11(10)14/h7-8,10-11,14,16-17H,4-6H2,1-3H3. The highest BCUT2D eigenvalue weighted by Gasteiger charge is 2.56. The molecule has 0 radical (unpaired) electrons. The fourth-order valence-electron chi connectivity index (χ4n) is 3.86. The maximum Gasteiger partial charge on any atom is 0.132 e. The van der Waals surface area contributed by atoms with Crippen LogP contribution in [0, 0.1) is 17.8 Å². The van der Waals surface area contributed by atoms with Crippen molar-refractivity contribution in [2.24, 2.45) is 17.8 Å². The van der Waals surface area contributed by atoms with E-state index in [2.05, 4.69) is 0 Å². The van der Waals surface area contributed by atoms with E-state index in [1.54, 1.807) is 33.5 Å². The predicted molar refractivity (Wildman–Crippen MR) is 75.4 cm³/mol. The first-order chi connectivity index (χ1) is 9.71. The summed E-state index contributed by atoms with van der Waals surface area (Å²) in [6.07, 6.45) is 3.27. The Morgan fingerprint density at radius 1 is 1.00 bits per heavy atom. The minimum absolute atomic E-state index is 0.361. The zero-order valence-corrected chi connectivity index (χ0v) is 12.3. The Balaban J connectivity index is 1.94. The minimum atomic E-state index is -0.513. The van der Waals surface area contributed by atoms with Crippen molar-refractivity contribution in [3.05, 3.63) is 17.7 Å². The normalized spacial score (nSPS) is 28.7. The Hall–Kier alpha value is -1.42. The quantitative estimate of drug-likeness (QED) is 0.899. The van der Waals surface area contributed by atoms with Gasteiger partial charge in [0.1, 0.15) is 17.2 Å². The molecule has 3 atom stereocenters. The van der Waals surface area contributed by atoms with E-state index in [9.17, 15) is 5.11 Å². The van der Waals surface area contributed by atoms with Crippen LogP contribution < -0.4 is 14.2 Å². The summed E-state index contributed by atoms with van der Waals surface area (Å²) in [7, 11) is 4.83. The summed E-state index contributed by atoms with van der Waals surface area (Å²) in [6, 6.07) is 3.61. The van der Waals surface area contributed by atoms with Gasteiger partial charge in [-0.2, -0.15) is 0 Å². The summed E-state index contributed by atoms with van der Waals surface area (Å²) in [6.45, 7) is 0. The first kappa shape index (κ1) is 13.6. The van der Waals surface area contributed by atoms with Crippen LogP contribution in [0.3, 0.4) is 0 Å². The Labute approximate surface area is 119 Å². The fraction of sp³-hybridized carbons (Fsp3) is 0.625. The first-order valence-electron chi connectivity index (χ1n) is 7.19. The SMILES string of the molecule is COc1cc(OC)c(C(O)C2C3CCCC32)c(OC)c1. The Bertz CT molecular complexity index is 464. The van der Waals surface area contributed by atoms with Gasteiger partial charge < -0.3 is 19.3 Å². The molecule has 0 aromatic heterocycles. The maximum absolute atomic E-state index is 10.8. The topological polar surface area (TPSA) is 47.9 Å². The summed E-state index contributed by atoms with van der Waals surface area (Å²) in [4.78, 5) is 0. The van der Waals surface area contributed by atoms with Crippen molar-refractivity contribution in [1.82, 2.24) is 0 Å². The predicted octanol–water partition coefficient (Wildman–Crippen LogP) is 2.79. The number of aliphatic hydroxyl groups excluding tert-OH is 1. The van der Waals surface area contributed by atoms with Gasteiger partial charge in [-0.15, -0.1) is 0 Å². The van der Waals surface area contributed by atoms with E-state index in [0.717, 1.165) is 5.56 Å². The monoisotopic (exact) mass is 278 g/mol. The second kappa shape index (κ2) is 5.17. The maximum atomic E-state index is 10.8. The minimum Gasteiger partial charge on any atom is -0.496 e. The molecular formula is C16H22O4. The lowest BCUT2D eigenvalue weighted by Gasteiger charge is -2.20. The van der Waals surface area contributed by atoms with Gasteiger partial charge in [0.15, 0.2) is 0 Å². The smallest absolute Gasteiger partial charge is 0.132 e. The number of fused-ring (bicyclic) bond motifs is 1. The van der Waals surface area contributed by atoms with Gasteiger partial charge in [-0.25, -0.2) is 0 Å². The van der Waals surface area contributed by atoms with Crippen LogP contribution in [0.5, 0.6) is 17.2 Å². The van der Waals surface area contributed by atoms with Crippen LogP contribution in [0.25, 0.3) is 0 Å². The largest absolute Gasteiger partial charge is 0.496 e. The second-order valence-corrected chi connectivity index (χ2v) is 5.73. The Kier molecular flexibility index (Phi) is 3.50. The lowest BCUT2D eigenvalue weighted by atomic mass is 9.97. The molecule has 0 bridgehead atoms. The third kappa shape index (κ3) is 2.03. The van der Waals surface area contributed by atoms with E-state index in [1.165, 1.54) is 19.3 Å². The molecule has 0 amide bonds. The molecule has 0 aliphatic heterocycles. The number of hydrogen-bond donors (Lipinski definition) is 1. The van der Waals surface area contributed by atoms with E-state index in [1.807, 2.05) is 0 Å². The Morgan fingerprint density at radius 3 is 2.00 bits per heavy atom. The molecule has 3 rings (SSSR count). The van der Waals surface area contributed by atoms with Gasteiger partial charge in [0.2, 0.25) is 0 Å². The molecule has 1 aromatic rings. The van der Waals surface area contributed by atoms with Gasteiger partial charge in [0, 0.05) is 12.1 Å². The number of hydrogen-bond acceptors (Lipinski definition) is 4. The average Bonchev–Trinajstić information content (AvgIpc) is 2.97. The lowest BCUT2D eigenvalue weighted by Crippen LogP contribution is -2.08. The number of aliphatic hydroxyl groups is 1. The van der Waals surface area contributed by atoms with E-state index in [-0.39, 0.29) is 0 Å². The van der Waals surface area contributed by atoms with Gasteiger partial charge in [0.05, 0.1) is 33.0 Å². The Morgan fingerprint density at radius 2 is 1.55 bits per heavy atom. The molecule has 0 saturated heterocycles. The van der Waals surface area contributed by atoms with Gasteiger partial charge >= 0.3 is 0 Å². The fourth-order valence-corrected chi connectivity index (χ4v) is 3.86. The third-order valence-corrected chi connectivity index (χ3v) is 4.89. The van der Waals surface area contributed by atoms with E-state index in [4.69, 9.17) is 14.2 Å². The van der Waals surface area contributed by atoms with Gasteiger partial charge in [-0.1, -0.05) is 6.42 Å².